The van der Waals surface area contributed by atoms with Gasteiger partial charge in [-0.05, 0) is 31.7 Å². The smallest absolute Gasteiger partial charge is 0.337 e. The Morgan fingerprint density at radius 3 is 2.63 bits per heavy atom. The Morgan fingerprint density at radius 1 is 1.22 bits per heavy atom. The van der Waals surface area contributed by atoms with Gasteiger partial charge in [0, 0.05) is 37.9 Å². The van der Waals surface area contributed by atoms with Crippen LogP contribution in [0.1, 0.15) is 23.0 Å². The molecule has 0 saturated carbocycles. The van der Waals surface area contributed by atoms with Gasteiger partial charge < -0.3 is 19.9 Å². The zero-order valence-corrected chi connectivity index (χ0v) is 16.6. The van der Waals surface area contributed by atoms with Crippen molar-refractivity contribution in [3.63, 3.8) is 0 Å². The lowest BCUT2D eigenvalue weighted by atomic mass is 10.2. The number of hydrogen-bond donors (Lipinski definition) is 1. The summed E-state index contributed by atoms with van der Waals surface area (Å²) in [7, 11) is 1.35. The maximum Gasteiger partial charge on any atom is 0.337 e. The summed E-state index contributed by atoms with van der Waals surface area (Å²) in [6.45, 7) is 9.09. The highest BCUT2D eigenvalue weighted by Crippen LogP contribution is 2.27. The first-order valence-electron chi connectivity index (χ1n) is 8.98. The number of carbonyl (C=O) groups excluding carboxylic acids is 1. The molecular formula is C19H24ClN5O2. The molecule has 0 atom stereocenters. The van der Waals surface area contributed by atoms with Crippen molar-refractivity contribution in [2.24, 2.45) is 0 Å². The monoisotopic (exact) mass is 389 g/mol. The minimum atomic E-state index is -0.422. The fourth-order valence-electron chi connectivity index (χ4n) is 3.05. The molecule has 1 aliphatic heterocycles. The predicted octanol–water partition coefficient (Wildman–Crippen LogP) is 3.11. The Balaban J connectivity index is 1.82. The largest absolute Gasteiger partial charge is 0.465 e. The Kier molecular flexibility index (Phi) is 6.13. The van der Waals surface area contributed by atoms with E-state index in [1.807, 2.05) is 13.0 Å². The van der Waals surface area contributed by atoms with Crippen LogP contribution in [0, 0.1) is 6.92 Å². The van der Waals surface area contributed by atoms with Crippen LogP contribution in [0.5, 0.6) is 0 Å². The molecule has 8 heteroatoms. The second kappa shape index (κ2) is 8.54. The topological polar surface area (TPSA) is 70.6 Å². The van der Waals surface area contributed by atoms with Crippen LogP contribution in [0.3, 0.4) is 0 Å². The van der Waals surface area contributed by atoms with Crippen LogP contribution in [-0.2, 0) is 4.74 Å². The van der Waals surface area contributed by atoms with E-state index in [1.165, 1.54) is 7.11 Å². The van der Waals surface area contributed by atoms with E-state index >= 15 is 0 Å². The number of rotatable bonds is 5. The number of piperazine rings is 1. The number of nitrogens with one attached hydrogen (secondary N) is 1. The molecule has 1 aromatic carbocycles. The zero-order chi connectivity index (χ0) is 19.4. The number of methoxy groups -OCH3 is 1. The van der Waals surface area contributed by atoms with Crippen LogP contribution < -0.4 is 10.2 Å². The molecular weight excluding hydrogens is 366 g/mol. The summed E-state index contributed by atoms with van der Waals surface area (Å²) in [6, 6.07) is 6.89. The number of likely N-dealkylation sites (N-methyl/N-ethyl adjacent to an activating group) is 1. The van der Waals surface area contributed by atoms with Crippen molar-refractivity contribution in [2.45, 2.75) is 13.8 Å². The van der Waals surface area contributed by atoms with E-state index < -0.39 is 5.97 Å². The van der Waals surface area contributed by atoms with Gasteiger partial charge in [0.1, 0.15) is 5.82 Å². The third-order valence-electron chi connectivity index (χ3n) is 4.62. The fourth-order valence-corrected chi connectivity index (χ4v) is 3.21. The van der Waals surface area contributed by atoms with Crippen molar-refractivity contribution in [2.75, 3.05) is 50.1 Å². The first-order valence-corrected chi connectivity index (χ1v) is 9.36. The van der Waals surface area contributed by atoms with Crippen LogP contribution >= 0.6 is 11.6 Å². The van der Waals surface area contributed by atoms with Crippen molar-refractivity contribution < 1.29 is 9.53 Å². The Hall–Kier alpha value is -2.38. The fraction of sp³-hybridized carbons (Fsp3) is 0.421. The third-order valence-corrected chi connectivity index (χ3v) is 4.95. The summed E-state index contributed by atoms with van der Waals surface area (Å²) in [5.41, 5.74) is 1.83. The maximum atomic E-state index is 11.8. The number of nitrogens with zero attached hydrogens (tertiary/aromatic N) is 4. The van der Waals surface area contributed by atoms with Crippen molar-refractivity contribution in [3.8, 4) is 0 Å². The molecule has 0 spiro atoms. The molecule has 2 heterocycles. The molecule has 1 fully saturated rings. The van der Waals surface area contributed by atoms with Crippen molar-refractivity contribution in [3.05, 3.63) is 40.5 Å². The van der Waals surface area contributed by atoms with Crippen molar-refractivity contribution in [1.82, 2.24) is 14.9 Å². The zero-order valence-electron chi connectivity index (χ0n) is 15.8. The third kappa shape index (κ3) is 4.67. The molecule has 2 aromatic rings. The molecule has 144 valence electrons. The number of aromatic nitrogens is 2. The van der Waals surface area contributed by atoms with Gasteiger partial charge in [0.25, 0.3) is 0 Å². The predicted molar refractivity (Wildman–Crippen MR) is 107 cm³/mol. The van der Waals surface area contributed by atoms with Crippen LogP contribution in [0.4, 0.5) is 17.5 Å². The van der Waals surface area contributed by atoms with Gasteiger partial charge in [-0.2, -0.15) is 4.98 Å². The molecule has 0 unspecified atom stereocenters. The van der Waals surface area contributed by atoms with E-state index in [1.54, 1.807) is 18.2 Å². The number of hydrogen-bond acceptors (Lipinski definition) is 7. The standard InChI is InChI=1S/C19H24ClN5O2/c1-4-24-7-9-25(10-8-24)17-11-13(2)21-19(23-17)22-16-12-14(18(26)27-3)5-6-15(16)20/h5-6,11-12H,4,7-10H2,1-3H3,(H,21,22,23). The lowest BCUT2D eigenvalue weighted by Gasteiger charge is -2.34. The minimum Gasteiger partial charge on any atom is -0.465 e. The van der Waals surface area contributed by atoms with Gasteiger partial charge in [-0.25, -0.2) is 9.78 Å². The Morgan fingerprint density at radius 2 is 1.96 bits per heavy atom. The number of esters is 1. The van der Waals surface area contributed by atoms with Crippen LogP contribution in [0.15, 0.2) is 24.3 Å². The number of carbonyl (C=O) groups is 1. The first kappa shape index (κ1) is 19.4. The maximum absolute atomic E-state index is 11.8. The summed E-state index contributed by atoms with van der Waals surface area (Å²) >= 11 is 6.27. The number of halogens is 1. The normalized spacial score (nSPS) is 14.9. The summed E-state index contributed by atoms with van der Waals surface area (Å²) in [5, 5.41) is 3.61. The van der Waals surface area contributed by atoms with E-state index in [2.05, 4.69) is 32.0 Å². The lowest BCUT2D eigenvalue weighted by molar-refractivity contribution is 0.0601. The first-order chi connectivity index (χ1) is 13.0. The van der Waals surface area contributed by atoms with E-state index in [0.717, 1.165) is 44.2 Å². The van der Waals surface area contributed by atoms with Crippen molar-refractivity contribution in [1.29, 1.82) is 0 Å². The quantitative estimate of drug-likeness (QED) is 0.788. The van der Waals surface area contributed by atoms with Gasteiger partial charge in [-0.3, -0.25) is 0 Å². The summed E-state index contributed by atoms with van der Waals surface area (Å²) < 4.78 is 4.77. The number of ether oxygens (including phenoxy) is 1. The molecule has 27 heavy (non-hydrogen) atoms. The molecule has 1 aliphatic rings. The molecule has 0 bridgehead atoms. The minimum absolute atomic E-state index is 0.410. The number of aryl methyl sites for hydroxylation is 1. The van der Waals surface area contributed by atoms with Gasteiger partial charge in [-0.15, -0.1) is 0 Å². The highest BCUT2D eigenvalue weighted by atomic mass is 35.5. The van der Waals surface area contributed by atoms with Crippen LogP contribution in [0.25, 0.3) is 0 Å². The summed E-state index contributed by atoms with van der Waals surface area (Å²) in [5.74, 6) is 0.919. The molecule has 0 aliphatic carbocycles. The second-order valence-electron chi connectivity index (χ2n) is 6.42. The molecule has 0 radical (unpaired) electrons. The Labute approximate surface area is 164 Å². The van der Waals surface area contributed by atoms with Crippen LogP contribution in [-0.4, -0.2) is 60.7 Å². The summed E-state index contributed by atoms with van der Waals surface area (Å²) in [4.78, 5) is 25.5. The molecule has 0 amide bonds. The van der Waals surface area contributed by atoms with E-state index in [9.17, 15) is 4.79 Å². The summed E-state index contributed by atoms with van der Waals surface area (Å²) in [6.07, 6.45) is 0. The molecule has 1 N–H and O–H groups in total. The molecule has 3 rings (SSSR count). The van der Waals surface area contributed by atoms with Gasteiger partial charge >= 0.3 is 5.97 Å². The number of benzene rings is 1. The second-order valence-corrected chi connectivity index (χ2v) is 6.83. The highest BCUT2D eigenvalue weighted by molar-refractivity contribution is 6.33. The SMILES string of the molecule is CCN1CCN(c2cc(C)nc(Nc3cc(C(=O)OC)ccc3Cl)n2)CC1. The Bertz CT molecular complexity index is 822. The van der Waals surface area contributed by atoms with Crippen molar-refractivity contribution >= 4 is 35.0 Å². The van der Waals surface area contributed by atoms with E-state index in [4.69, 9.17) is 16.3 Å². The van der Waals surface area contributed by atoms with Gasteiger partial charge in [0.15, 0.2) is 0 Å². The molecule has 1 saturated heterocycles. The van der Waals surface area contributed by atoms with Gasteiger partial charge in [0.05, 0.1) is 23.4 Å². The van der Waals surface area contributed by atoms with Crippen LogP contribution in [0.2, 0.25) is 5.02 Å². The highest BCUT2D eigenvalue weighted by Gasteiger charge is 2.18. The van der Waals surface area contributed by atoms with E-state index in [0.29, 0.717) is 22.2 Å². The van der Waals surface area contributed by atoms with Gasteiger partial charge in [-0.1, -0.05) is 18.5 Å². The van der Waals surface area contributed by atoms with E-state index in [-0.39, 0.29) is 0 Å². The molecule has 7 nitrogen and oxygen atoms in total. The number of anilines is 3. The average Bonchev–Trinajstić information content (AvgIpc) is 2.68. The average molecular weight is 390 g/mol. The molecule has 1 aromatic heterocycles. The lowest BCUT2D eigenvalue weighted by Crippen LogP contribution is -2.46. The van der Waals surface area contributed by atoms with Gasteiger partial charge in [0.2, 0.25) is 5.95 Å².